The minimum Gasteiger partial charge on any atom is -0.493 e. The largest absolute Gasteiger partial charge is 0.493 e. The second kappa shape index (κ2) is 6.43. The first-order valence-electron chi connectivity index (χ1n) is 5.84. The van der Waals surface area contributed by atoms with Crippen molar-refractivity contribution in [2.24, 2.45) is 0 Å². The number of rotatable bonds is 5. The van der Waals surface area contributed by atoms with Gasteiger partial charge in [-0.25, -0.2) is 4.39 Å². The van der Waals surface area contributed by atoms with Gasteiger partial charge >= 0.3 is 0 Å². The summed E-state index contributed by atoms with van der Waals surface area (Å²) in [7, 11) is 1.56. The zero-order chi connectivity index (χ0) is 13.7. The van der Waals surface area contributed by atoms with Gasteiger partial charge in [-0.3, -0.25) is 0 Å². The van der Waals surface area contributed by atoms with E-state index in [9.17, 15) is 4.39 Å². The first-order chi connectivity index (χ1) is 9.26. The zero-order valence-electron chi connectivity index (χ0n) is 10.5. The number of hydrogen-bond donors (Lipinski definition) is 0. The van der Waals surface area contributed by atoms with Gasteiger partial charge in [0.2, 0.25) is 0 Å². The Bertz CT molecular complexity index is 535. The number of alkyl halides is 1. The summed E-state index contributed by atoms with van der Waals surface area (Å²) in [5, 5.41) is 0. The van der Waals surface area contributed by atoms with E-state index in [2.05, 4.69) is 0 Å². The Morgan fingerprint density at radius 1 is 1.05 bits per heavy atom. The van der Waals surface area contributed by atoms with Crippen molar-refractivity contribution in [2.45, 2.75) is 12.5 Å². The van der Waals surface area contributed by atoms with Crippen LogP contribution in [0.4, 0.5) is 4.39 Å². The highest BCUT2D eigenvalue weighted by atomic mass is 35.5. The van der Waals surface area contributed by atoms with E-state index in [4.69, 9.17) is 21.1 Å². The summed E-state index contributed by atoms with van der Waals surface area (Å²) in [5.41, 5.74) is 1.31. The van der Waals surface area contributed by atoms with E-state index in [-0.39, 0.29) is 12.4 Å². The Labute approximate surface area is 116 Å². The van der Waals surface area contributed by atoms with E-state index in [1.807, 2.05) is 12.1 Å². The molecule has 2 rings (SSSR count). The lowest BCUT2D eigenvalue weighted by molar-refractivity contribution is 0.277. The van der Waals surface area contributed by atoms with Gasteiger partial charge in [0.15, 0.2) is 11.5 Å². The minimum absolute atomic E-state index is 0.136. The lowest BCUT2D eigenvalue weighted by Crippen LogP contribution is -2.02. The fourth-order valence-electron chi connectivity index (χ4n) is 1.76. The molecule has 0 aromatic heterocycles. The van der Waals surface area contributed by atoms with Crippen molar-refractivity contribution < 1.29 is 13.9 Å². The molecule has 2 nitrogen and oxygen atoms in total. The summed E-state index contributed by atoms with van der Waals surface area (Å²) in [6.45, 7) is 0.136. The van der Waals surface area contributed by atoms with Crippen LogP contribution in [0.15, 0.2) is 42.5 Å². The summed E-state index contributed by atoms with van der Waals surface area (Å²) in [6, 6.07) is 12.0. The first-order valence-corrected chi connectivity index (χ1v) is 6.37. The normalized spacial score (nSPS) is 10.3. The average Bonchev–Trinajstić information content (AvgIpc) is 2.46. The monoisotopic (exact) mass is 280 g/mol. The molecule has 19 heavy (non-hydrogen) atoms. The second-order valence-electron chi connectivity index (χ2n) is 3.96. The van der Waals surface area contributed by atoms with Crippen molar-refractivity contribution in [3.8, 4) is 11.5 Å². The molecule has 0 heterocycles. The molecule has 0 atom stereocenters. The summed E-state index contributed by atoms with van der Waals surface area (Å²) in [5.74, 6) is 1.17. The van der Waals surface area contributed by atoms with Gasteiger partial charge in [0.05, 0.1) is 13.0 Å². The molecule has 0 radical (unpaired) electrons. The number of ether oxygens (including phenoxy) is 2. The first kappa shape index (κ1) is 13.7. The van der Waals surface area contributed by atoms with Crippen LogP contribution < -0.4 is 9.47 Å². The van der Waals surface area contributed by atoms with Crippen molar-refractivity contribution in [3.63, 3.8) is 0 Å². The Balaban J connectivity index is 2.21. The molecule has 0 N–H and O–H groups in total. The molecule has 0 amide bonds. The molecule has 0 saturated heterocycles. The highest BCUT2D eigenvalue weighted by molar-refractivity contribution is 6.17. The van der Waals surface area contributed by atoms with Crippen LogP contribution in [-0.2, 0) is 12.5 Å². The molecule has 2 aromatic carbocycles. The van der Waals surface area contributed by atoms with Crippen LogP contribution in [0.25, 0.3) is 0 Å². The van der Waals surface area contributed by atoms with E-state index < -0.39 is 0 Å². The van der Waals surface area contributed by atoms with Gasteiger partial charge in [0.1, 0.15) is 12.4 Å². The van der Waals surface area contributed by atoms with Crippen molar-refractivity contribution in [1.29, 1.82) is 0 Å². The van der Waals surface area contributed by atoms with Crippen LogP contribution in [0.1, 0.15) is 11.1 Å². The van der Waals surface area contributed by atoms with Crippen LogP contribution in [0.2, 0.25) is 0 Å². The molecule has 0 saturated carbocycles. The molecule has 0 fully saturated rings. The average molecular weight is 281 g/mol. The molecule has 100 valence electrons. The molecular formula is C15H14ClFO2. The number of methoxy groups -OCH3 is 1. The molecule has 0 aliphatic rings. The smallest absolute Gasteiger partial charge is 0.166 e. The third-order valence-electron chi connectivity index (χ3n) is 2.75. The molecule has 0 bridgehead atoms. The predicted molar refractivity (Wildman–Crippen MR) is 73.3 cm³/mol. The van der Waals surface area contributed by atoms with E-state index in [1.54, 1.807) is 31.4 Å². The Hall–Kier alpha value is -1.74. The van der Waals surface area contributed by atoms with Crippen molar-refractivity contribution in [2.75, 3.05) is 7.11 Å². The summed E-state index contributed by atoms with van der Waals surface area (Å²) in [4.78, 5) is 0. The maximum absolute atomic E-state index is 13.5. The quantitative estimate of drug-likeness (QED) is 0.766. The van der Waals surface area contributed by atoms with Gasteiger partial charge in [0.25, 0.3) is 0 Å². The van der Waals surface area contributed by atoms with Crippen molar-refractivity contribution in [3.05, 3.63) is 59.4 Å². The van der Waals surface area contributed by atoms with Gasteiger partial charge in [-0.1, -0.05) is 30.3 Å². The van der Waals surface area contributed by atoms with Crippen LogP contribution >= 0.6 is 11.6 Å². The number of hydrogen-bond acceptors (Lipinski definition) is 2. The Morgan fingerprint density at radius 2 is 1.79 bits per heavy atom. The zero-order valence-corrected chi connectivity index (χ0v) is 11.3. The predicted octanol–water partition coefficient (Wildman–Crippen LogP) is 4.15. The SMILES string of the molecule is COc1cccc(CCl)c1OCc1ccccc1F. The van der Waals surface area contributed by atoms with Crippen molar-refractivity contribution >= 4 is 11.6 Å². The Kier molecular flexibility index (Phi) is 4.63. The highest BCUT2D eigenvalue weighted by Crippen LogP contribution is 2.32. The summed E-state index contributed by atoms with van der Waals surface area (Å²) >= 11 is 5.86. The molecule has 0 unspecified atom stereocenters. The van der Waals surface area contributed by atoms with E-state index in [0.29, 0.717) is 22.9 Å². The fraction of sp³-hybridized carbons (Fsp3) is 0.200. The minimum atomic E-state index is -0.287. The molecule has 0 aliphatic heterocycles. The maximum Gasteiger partial charge on any atom is 0.166 e. The third kappa shape index (κ3) is 3.18. The van der Waals surface area contributed by atoms with Crippen LogP contribution in [-0.4, -0.2) is 7.11 Å². The van der Waals surface area contributed by atoms with E-state index in [1.165, 1.54) is 6.07 Å². The number of benzene rings is 2. The number of halogens is 2. The van der Waals surface area contributed by atoms with Gasteiger partial charge < -0.3 is 9.47 Å². The molecular weight excluding hydrogens is 267 g/mol. The summed E-state index contributed by atoms with van der Waals surface area (Å²) in [6.07, 6.45) is 0. The van der Waals surface area contributed by atoms with E-state index >= 15 is 0 Å². The lowest BCUT2D eigenvalue weighted by Gasteiger charge is -2.14. The summed E-state index contributed by atoms with van der Waals surface area (Å²) < 4.78 is 24.4. The van der Waals surface area contributed by atoms with Crippen molar-refractivity contribution in [1.82, 2.24) is 0 Å². The third-order valence-corrected chi connectivity index (χ3v) is 3.04. The second-order valence-corrected chi connectivity index (χ2v) is 4.23. The fourth-order valence-corrected chi connectivity index (χ4v) is 1.97. The molecule has 4 heteroatoms. The van der Waals surface area contributed by atoms with Crippen LogP contribution in [0.5, 0.6) is 11.5 Å². The topological polar surface area (TPSA) is 18.5 Å². The molecule has 0 aliphatic carbocycles. The molecule has 2 aromatic rings. The van der Waals surface area contributed by atoms with Gasteiger partial charge in [-0.15, -0.1) is 11.6 Å². The van der Waals surface area contributed by atoms with Crippen LogP contribution in [0.3, 0.4) is 0 Å². The van der Waals surface area contributed by atoms with E-state index in [0.717, 1.165) is 5.56 Å². The Morgan fingerprint density at radius 3 is 2.47 bits per heavy atom. The van der Waals surface area contributed by atoms with Crippen LogP contribution in [0, 0.1) is 5.82 Å². The standard InChI is InChI=1S/C15H14ClFO2/c1-18-14-8-4-6-11(9-16)15(14)19-10-12-5-2-3-7-13(12)17/h2-8H,9-10H2,1H3. The molecule has 0 spiro atoms. The lowest BCUT2D eigenvalue weighted by atomic mass is 10.2. The van der Waals surface area contributed by atoms with Gasteiger partial charge in [-0.05, 0) is 12.1 Å². The number of para-hydroxylation sites is 1. The highest BCUT2D eigenvalue weighted by Gasteiger charge is 2.11. The van der Waals surface area contributed by atoms with Gasteiger partial charge in [-0.2, -0.15) is 0 Å². The maximum atomic E-state index is 13.5. The van der Waals surface area contributed by atoms with Gasteiger partial charge in [0, 0.05) is 11.1 Å².